The van der Waals surface area contributed by atoms with E-state index in [9.17, 15) is 4.79 Å². The van der Waals surface area contributed by atoms with Crippen molar-refractivity contribution in [3.8, 4) is 11.4 Å². The molecule has 0 spiro atoms. The summed E-state index contributed by atoms with van der Waals surface area (Å²) in [5.74, 6) is 2.07. The molecule has 178 valence electrons. The van der Waals surface area contributed by atoms with Crippen molar-refractivity contribution in [3.63, 3.8) is 0 Å². The molecule has 3 aromatic rings. The number of hydrogen-bond acceptors (Lipinski definition) is 4. The summed E-state index contributed by atoms with van der Waals surface area (Å²) in [6, 6.07) is 16.3. The lowest BCUT2D eigenvalue weighted by Gasteiger charge is -2.37. The van der Waals surface area contributed by atoms with Gasteiger partial charge in [0.15, 0.2) is 5.82 Å². The zero-order valence-electron chi connectivity index (χ0n) is 20.9. The average molecular weight is 458 g/mol. The van der Waals surface area contributed by atoms with E-state index < -0.39 is 0 Å². The standard InChI is InChI=1S/C28H35N5O/c1-6-22-11-7-8-13-24(22)30-28(34)33-16-14-32(15-17-33)27-25(19(2)3)21(5)29-26(31-27)23-12-9-10-20(4)18-23/h7-13,18-19H,6,14-17H2,1-5H3,(H,30,34). The number of rotatable bonds is 5. The number of anilines is 2. The number of hydrogen-bond donors (Lipinski definition) is 1. The summed E-state index contributed by atoms with van der Waals surface area (Å²) >= 11 is 0. The highest BCUT2D eigenvalue weighted by molar-refractivity contribution is 5.90. The number of nitrogens with one attached hydrogen (secondary N) is 1. The number of amides is 2. The first-order valence-corrected chi connectivity index (χ1v) is 12.2. The quantitative estimate of drug-likeness (QED) is 0.526. The van der Waals surface area contributed by atoms with Crippen LogP contribution < -0.4 is 10.2 Å². The number of benzene rings is 2. The summed E-state index contributed by atoms with van der Waals surface area (Å²) in [5.41, 5.74) is 6.48. The molecule has 1 saturated heterocycles. The molecule has 0 aliphatic carbocycles. The fraction of sp³-hybridized carbons (Fsp3) is 0.393. The highest BCUT2D eigenvalue weighted by Gasteiger charge is 2.26. The molecule has 0 unspecified atom stereocenters. The summed E-state index contributed by atoms with van der Waals surface area (Å²) in [6.07, 6.45) is 0.887. The Morgan fingerprint density at radius 2 is 1.74 bits per heavy atom. The number of aryl methyl sites for hydroxylation is 3. The van der Waals surface area contributed by atoms with Gasteiger partial charge in [-0.25, -0.2) is 14.8 Å². The lowest BCUT2D eigenvalue weighted by atomic mass is 10.0. The van der Waals surface area contributed by atoms with Crippen molar-refractivity contribution >= 4 is 17.5 Å². The van der Waals surface area contributed by atoms with Crippen LogP contribution in [0.15, 0.2) is 48.5 Å². The first kappa shape index (κ1) is 23.7. The number of aromatic nitrogens is 2. The monoisotopic (exact) mass is 457 g/mol. The van der Waals surface area contributed by atoms with Crippen LogP contribution in [0.3, 0.4) is 0 Å². The van der Waals surface area contributed by atoms with Gasteiger partial charge in [0.2, 0.25) is 0 Å². The Hall–Kier alpha value is -3.41. The van der Waals surface area contributed by atoms with Gasteiger partial charge in [-0.1, -0.05) is 62.7 Å². The Morgan fingerprint density at radius 3 is 2.41 bits per heavy atom. The molecule has 0 bridgehead atoms. The Balaban J connectivity index is 1.53. The zero-order valence-corrected chi connectivity index (χ0v) is 20.9. The van der Waals surface area contributed by atoms with E-state index in [4.69, 9.17) is 9.97 Å². The van der Waals surface area contributed by atoms with Crippen LogP contribution >= 0.6 is 0 Å². The second-order valence-corrected chi connectivity index (χ2v) is 9.31. The lowest BCUT2D eigenvalue weighted by molar-refractivity contribution is 0.208. The Morgan fingerprint density at radius 1 is 1.00 bits per heavy atom. The molecule has 6 heteroatoms. The van der Waals surface area contributed by atoms with E-state index in [1.54, 1.807) is 0 Å². The van der Waals surface area contributed by atoms with Gasteiger partial charge in [-0.15, -0.1) is 0 Å². The Bertz CT molecular complexity index is 1170. The molecule has 1 N–H and O–H groups in total. The minimum atomic E-state index is -0.0380. The predicted molar refractivity (Wildman–Crippen MR) is 140 cm³/mol. The van der Waals surface area contributed by atoms with Crippen molar-refractivity contribution in [2.24, 2.45) is 0 Å². The van der Waals surface area contributed by atoms with Crippen molar-refractivity contribution in [2.75, 3.05) is 36.4 Å². The van der Waals surface area contributed by atoms with Crippen LogP contribution in [0, 0.1) is 13.8 Å². The SMILES string of the molecule is CCc1ccccc1NC(=O)N1CCN(c2nc(-c3cccc(C)c3)nc(C)c2C(C)C)CC1. The van der Waals surface area contributed by atoms with E-state index in [-0.39, 0.29) is 6.03 Å². The summed E-state index contributed by atoms with van der Waals surface area (Å²) in [4.78, 5) is 27.1. The summed E-state index contributed by atoms with van der Waals surface area (Å²) in [5, 5.41) is 3.10. The van der Waals surface area contributed by atoms with Crippen molar-refractivity contribution in [1.29, 1.82) is 0 Å². The number of nitrogens with zero attached hydrogens (tertiary/aromatic N) is 4. The van der Waals surface area contributed by atoms with Gasteiger partial charge in [0.25, 0.3) is 0 Å². The van der Waals surface area contributed by atoms with E-state index in [2.05, 4.69) is 69.1 Å². The molecule has 0 atom stereocenters. The molecule has 1 fully saturated rings. The van der Waals surface area contributed by atoms with E-state index in [0.717, 1.165) is 53.7 Å². The van der Waals surface area contributed by atoms with Crippen LogP contribution in [0.2, 0.25) is 0 Å². The fourth-order valence-corrected chi connectivity index (χ4v) is 4.66. The number of urea groups is 1. The fourth-order valence-electron chi connectivity index (χ4n) is 4.66. The predicted octanol–water partition coefficient (Wildman–Crippen LogP) is 5.80. The number of carbonyl (C=O) groups is 1. The van der Waals surface area contributed by atoms with E-state index in [1.807, 2.05) is 29.2 Å². The smallest absolute Gasteiger partial charge is 0.321 e. The van der Waals surface area contributed by atoms with Gasteiger partial charge in [-0.05, 0) is 43.9 Å². The second-order valence-electron chi connectivity index (χ2n) is 9.31. The van der Waals surface area contributed by atoms with Gasteiger partial charge in [0.05, 0.1) is 0 Å². The molecule has 2 heterocycles. The van der Waals surface area contributed by atoms with Gasteiger partial charge in [-0.3, -0.25) is 0 Å². The van der Waals surface area contributed by atoms with Gasteiger partial charge in [0, 0.05) is 48.7 Å². The third-order valence-electron chi connectivity index (χ3n) is 6.48. The largest absolute Gasteiger partial charge is 0.353 e. The van der Waals surface area contributed by atoms with Crippen LogP contribution in [0.25, 0.3) is 11.4 Å². The molecule has 0 radical (unpaired) electrons. The second kappa shape index (κ2) is 10.2. The lowest BCUT2D eigenvalue weighted by Crippen LogP contribution is -2.50. The van der Waals surface area contributed by atoms with E-state index in [1.165, 1.54) is 11.1 Å². The minimum absolute atomic E-state index is 0.0380. The molecule has 1 aromatic heterocycles. The van der Waals surface area contributed by atoms with Crippen LogP contribution in [0.1, 0.15) is 49.1 Å². The Labute approximate surface area is 203 Å². The minimum Gasteiger partial charge on any atom is -0.353 e. The third-order valence-corrected chi connectivity index (χ3v) is 6.48. The highest BCUT2D eigenvalue weighted by atomic mass is 16.2. The molecule has 2 aromatic carbocycles. The summed E-state index contributed by atoms with van der Waals surface area (Å²) in [6.45, 7) is 13.4. The topological polar surface area (TPSA) is 61.4 Å². The van der Waals surface area contributed by atoms with E-state index >= 15 is 0 Å². The number of carbonyl (C=O) groups excluding carboxylic acids is 1. The van der Waals surface area contributed by atoms with E-state index in [0.29, 0.717) is 19.0 Å². The molecule has 1 aliphatic heterocycles. The van der Waals surface area contributed by atoms with Gasteiger partial charge >= 0.3 is 6.03 Å². The van der Waals surface area contributed by atoms with Crippen LogP contribution in [-0.2, 0) is 6.42 Å². The first-order valence-electron chi connectivity index (χ1n) is 12.2. The van der Waals surface area contributed by atoms with Crippen molar-refractivity contribution < 1.29 is 4.79 Å². The van der Waals surface area contributed by atoms with Crippen molar-refractivity contribution in [3.05, 3.63) is 70.9 Å². The molecule has 4 rings (SSSR count). The van der Waals surface area contributed by atoms with Gasteiger partial charge in [0.1, 0.15) is 5.82 Å². The van der Waals surface area contributed by atoms with Crippen LogP contribution in [-0.4, -0.2) is 47.1 Å². The molecule has 2 amide bonds. The maximum atomic E-state index is 12.9. The van der Waals surface area contributed by atoms with Crippen molar-refractivity contribution in [1.82, 2.24) is 14.9 Å². The zero-order chi connectivity index (χ0) is 24.2. The molecule has 0 saturated carbocycles. The van der Waals surface area contributed by atoms with Crippen LogP contribution in [0.5, 0.6) is 0 Å². The molecular weight excluding hydrogens is 422 g/mol. The normalized spacial score (nSPS) is 13.9. The van der Waals surface area contributed by atoms with Crippen LogP contribution in [0.4, 0.5) is 16.3 Å². The molecule has 6 nitrogen and oxygen atoms in total. The number of para-hydroxylation sites is 1. The van der Waals surface area contributed by atoms with Crippen molar-refractivity contribution in [2.45, 2.75) is 47.0 Å². The van der Waals surface area contributed by atoms with Gasteiger partial charge < -0.3 is 15.1 Å². The molecule has 1 aliphatic rings. The average Bonchev–Trinajstić information content (AvgIpc) is 2.83. The molecule has 34 heavy (non-hydrogen) atoms. The maximum absolute atomic E-state index is 12.9. The Kier molecular flexibility index (Phi) is 7.15. The first-order chi connectivity index (χ1) is 16.4. The summed E-state index contributed by atoms with van der Waals surface area (Å²) in [7, 11) is 0. The summed E-state index contributed by atoms with van der Waals surface area (Å²) < 4.78 is 0. The highest BCUT2D eigenvalue weighted by Crippen LogP contribution is 2.31. The maximum Gasteiger partial charge on any atom is 0.321 e. The number of piperazine rings is 1. The van der Waals surface area contributed by atoms with Gasteiger partial charge in [-0.2, -0.15) is 0 Å². The third kappa shape index (κ3) is 5.06. The molecular formula is C28H35N5O.